The van der Waals surface area contributed by atoms with Crippen LogP contribution in [0.3, 0.4) is 0 Å². The summed E-state index contributed by atoms with van der Waals surface area (Å²) >= 11 is 0. The number of aromatic nitrogens is 2. The Hall–Kier alpha value is -1.81. The van der Waals surface area contributed by atoms with E-state index in [2.05, 4.69) is 20.2 Å². The molecule has 1 unspecified atom stereocenters. The molecule has 24 heavy (non-hydrogen) atoms. The Morgan fingerprint density at radius 1 is 1.29 bits per heavy atom. The van der Waals surface area contributed by atoms with Crippen molar-refractivity contribution < 1.29 is 17.7 Å². The first kappa shape index (κ1) is 17.0. The van der Waals surface area contributed by atoms with Gasteiger partial charge in [0, 0.05) is 12.5 Å². The van der Waals surface area contributed by atoms with Gasteiger partial charge in [-0.25, -0.2) is 13.1 Å². The van der Waals surface area contributed by atoms with Gasteiger partial charge in [-0.15, -0.1) is 0 Å². The van der Waals surface area contributed by atoms with Crippen molar-refractivity contribution in [2.45, 2.75) is 44.0 Å². The molecule has 1 aliphatic rings. The van der Waals surface area contributed by atoms with E-state index in [1.54, 1.807) is 18.2 Å². The number of sulfonamides is 1. The lowest BCUT2D eigenvalue weighted by Crippen LogP contribution is -2.24. The summed E-state index contributed by atoms with van der Waals surface area (Å²) in [5.74, 6) is 0.780. The maximum Gasteiger partial charge on any atom is 0.241 e. The minimum atomic E-state index is -3.64. The highest BCUT2D eigenvalue weighted by Crippen LogP contribution is 2.23. The summed E-state index contributed by atoms with van der Waals surface area (Å²) in [4.78, 5) is 4.39. The van der Waals surface area contributed by atoms with Crippen molar-refractivity contribution >= 4 is 10.0 Å². The van der Waals surface area contributed by atoms with Crippen molar-refractivity contribution in [2.75, 3.05) is 7.05 Å². The zero-order valence-electron chi connectivity index (χ0n) is 13.6. The third kappa shape index (κ3) is 3.81. The van der Waals surface area contributed by atoms with Crippen LogP contribution in [0.2, 0.25) is 0 Å². The Kier molecular flexibility index (Phi) is 4.95. The lowest BCUT2D eigenvalue weighted by molar-refractivity contribution is 0.134. The second-order valence-electron chi connectivity index (χ2n) is 5.75. The largest absolute Gasteiger partial charge is 0.372 e. The molecule has 8 nitrogen and oxygen atoms in total. The molecule has 0 spiro atoms. The number of nitrogens with zero attached hydrogens (tertiary/aromatic N) is 2. The summed E-state index contributed by atoms with van der Waals surface area (Å²) < 4.78 is 37.6. The first-order chi connectivity index (χ1) is 11.5. The molecule has 1 aromatic carbocycles. The lowest BCUT2D eigenvalue weighted by Gasteiger charge is -2.06. The van der Waals surface area contributed by atoms with E-state index in [1.807, 2.05) is 14.0 Å². The monoisotopic (exact) mass is 352 g/mol. The summed E-state index contributed by atoms with van der Waals surface area (Å²) in [7, 11) is -1.80. The van der Waals surface area contributed by atoms with Crippen LogP contribution in [0.25, 0.3) is 0 Å². The Morgan fingerprint density at radius 3 is 2.88 bits per heavy atom. The fourth-order valence-corrected chi connectivity index (χ4v) is 3.40. The van der Waals surface area contributed by atoms with Crippen LogP contribution in [0, 0.1) is 0 Å². The van der Waals surface area contributed by atoms with Gasteiger partial charge in [0.2, 0.25) is 15.9 Å². The van der Waals surface area contributed by atoms with Crippen molar-refractivity contribution in [3.8, 4) is 0 Å². The highest BCUT2D eigenvalue weighted by atomic mass is 32.2. The maximum atomic E-state index is 12.4. The smallest absolute Gasteiger partial charge is 0.241 e. The standard InChI is InChI=1S/C15H20N4O4S/c1-10(16-2)5-14-18-15(23-19-14)7-17-24(20,21)13-4-3-11-8-22-9-12(11)6-13/h3-4,6,10,16-17H,5,7-9H2,1-2H3. The molecule has 1 atom stereocenters. The van der Waals surface area contributed by atoms with E-state index < -0.39 is 10.0 Å². The summed E-state index contributed by atoms with van der Waals surface area (Å²) in [5.41, 5.74) is 1.92. The molecule has 1 aromatic heterocycles. The summed E-state index contributed by atoms with van der Waals surface area (Å²) in [6, 6.07) is 5.20. The van der Waals surface area contributed by atoms with E-state index in [0.717, 1.165) is 11.1 Å². The molecule has 0 aliphatic carbocycles. The van der Waals surface area contributed by atoms with Crippen molar-refractivity contribution in [3.63, 3.8) is 0 Å². The van der Waals surface area contributed by atoms with Gasteiger partial charge in [-0.2, -0.15) is 4.98 Å². The first-order valence-corrected chi connectivity index (χ1v) is 9.14. The number of hydrogen-bond acceptors (Lipinski definition) is 7. The van der Waals surface area contributed by atoms with Crippen LogP contribution in [0.15, 0.2) is 27.6 Å². The molecule has 0 saturated heterocycles. The Balaban J connectivity index is 1.65. The van der Waals surface area contributed by atoms with Crippen molar-refractivity contribution in [1.29, 1.82) is 0 Å². The average molecular weight is 352 g/mol. The quantitative estimate of drug-likeness (QED) is 0.756. The Labute approximate surface area is 140 Å². The third-order valence-electron chi connectivity index (χ3n) is 3.91. The minimum absolute atomic E-state index is 0.0448. The van der Waals surface area contributed by atoms with Crippen molar-refractivity contribution in [2.24, 2.45) is 0 Å². The number of nitrogens with one attached hydrogen (secondary N) is 2. The molecule has 2 heterocycles. The number of likely N-dealkylation sites (N-methyl/N-ethyl adjacent to an activating group) is 1. The maximum absolute atomic E-state index is 12.4. The molecule has 2 aromatic rings. The highest BCUT2D eigenvalue weighted by Gasteiger charge is 2.19. The second-order valence-corrected chi connectivity index (χ2v) is 7.51. The normalized spacial score (nSPS) is 15.4. The third-order valence-corrected chi connectivity index (χ3v) is 5.31. The van der Waals surface area contributed by atoms with E-state index >= 15 is 0 Å². The second kappa shape index (κ2) is 6.98. The Morgan fingerprint density at radius 2 is 2.08 bits per heavy atom. The van der Waals surface area contributed by atoms with E-state index in [-0.39, 0.29) is 23.4 Å². The van der Waals surface area contributed by atoms with E-state index in [9.17, 15) is 8.42 Å². The molecular formula is C15H20N4O4S. The molecule has 9 heteroatoms. The fraction of sp³-hybridized carbons (Fsp3) is 0.467. The van der Waals surface area contributed by atoms with Crippen LogP contribution >= 0.6 is 0 Å². The summed E-state index contributed by atoms with van der Waals surface area (Å²) in [5, 5.41) is 6.92. The average Bonchev–Trinajstić information content (AvgIpc) is 3.21. The van der Waals surface area contributed by atoms with E-state index in [1.165, 1.54) is 0 Å². The van der Waals surface area contributed by atoms with Crippen LogP contribution < -0.4 is 10.0 Å². The van der Waals surface area contributed by atoms with Gasteiger partial charge in [-0.05, 0) is 37.2 Å². The van der Waals surface area contributed by atoms with Crippen LogP contribution in [-0.2, 0) is 40.9 Å². The first-order valence-electron chi connectivity index (χ1n) is 7.66. The van der Waals surface area contributed by atoms with Gasteiger partial charge < -0.3 is 14.6 Å². The molecular weight excluding hydrogens is 332 g/mol. The predicted octanol–water partition coefficient (Wildman–Crippen LogP) is 0.729. The SMILES string of the molecule is CNC(C)Cc1noc(CNS(=O)(=O)c2ccc3c(c2)COC3)n1. The van der Waals surface area contributed by atoms with Gasteiger partial charge in [0.25, 0.3) is 0 Å². The van der Waals surface area contributed by atoms with Crippen molar-refractivity contribution in [3.05, 3.63) is 41.0 Å². The molecule has 0 bridgehead atoms. The molecule has 0 fully saturated rings. The van der Waals surface area contributed by atoms with E-state index in [4.69, 9.17) is 9.26 Å². The topological polar surface area (TPSA) is 106 Å². The van der Waals surface area contributed by atoms with Crippen molar-refractivity contribution in [1.82, 2.24) is 20.2 Å². The summed E-state index contributed by atoms with van der Waals surface area (Å²) in [6.45, 7) is 2.92. The Bertz CT molecular complexity index is 819. The predicted molar refractivity (Wildman–Crippen MR) is 85.5 cm³/mol. The van der Waals surface area contributed by atoms with Crippen LogP contribution in [0.1, 0.15) is 29.8 Å². The lowest BCUT2D eigenvalue weighted by atomic mass is 10.1. The molecule has 2 N–H and O–H groups in total. The molecule has 3 rings (SSSR count). The molecule has 1 aliphatic heterocycles. The van der Waals surface area contributed by atoms with Gasteiger partial charge in [0.15, 0.2) is 5.82 Å². The van der Waals surface area contributed by atoms with Gasteiger partial charge in [0.1, 0.15) is 0 Å². The number of rotatable bonds is 7. The molecule has 130 valence electrons. The number of hydrogen-bond donors (Lipinski definition) is 2. The van der Waals surface area contributed by atoms with Crippen LogP contribution in [-0.4, -0.2) is 31.6 Å². The molecule has 0 saturated carbocycles. The van der Waals surface area contributed by atoms with Crippen LogP contribution in [0.5, 0.6) is 0 Å². The van der Waals surface area contributed by atoms with Crippen LogP contribution in [0.4, 0.5) is 0 Å². The zero-order chi connectivity index (χ0) is 17.2. The van der Waals surface area contributed by atoms with Gasteiger partial charge in [-0.3, -0.25) is 0 Å². The summed E-state index contributed by atoms with van der Waals surface area (Å²) in [6.07, 6.45) is 0.609. The van der Waals surface area contributed by atoms with Gasteiger partial charge in [0.05, 0.1) is 24.7 Å². The van der Waals surface area contributed by atoms with Gasteiger partial charge >= 0.3 is 0 Å². The van der Waals surface area contributed by atoms with Gasteiger partial charge in [-0.1, -0.05) is 11.2 Å². The fourth-order valence-electron chi connectivity index (χ4n) is 2.38. The molecule has 0 radical (unpaired) electrons. The zero-order valence-corrected chi connectivity index (χ0v) is 14.4. The molecule has 0 amide bonds. The van der Waals surface area contributed by atoms with E-state index in [0.29, 0.717) is 25.5 Å². The number of fused-ring (bicyclic) bond motifs is 1. The highest BCUT2D eigenvalue weighted by molar-refractivity contribution is 7.89. The number of benzene rings is 1. The minimum Gasteiger partial charge on any atom is -0.372 e. The number of ether oxygens (including phenoxy) is 1.